The zero-order chi connectivity index (χ0) is 22.5. The van der Waals surface area contributed by atoms with Crippen LogP contribution in [0.25, 0.3) is 16.5 Å². The molecule has 11 heteroatoms. The number of halogens is 2. The van der Waals surface area contributed by atoms with Crippen LogP contribution in [0.4, 0.5) is 4.39 Å². The SMILES string of the molecule is COc1cc(F)ccc1-c1nc(CCN(C)Cl)nn1-c1nc(C(=O)NCC(C)C)cs1. The molecule has 0 aliphatic carbocycles. The minimum atomic E-state index is -0.422. The molecule has 1 aromatic carbocycles. The molecule has 0 aliphatic rings. The van der Waals surface area contributed by atoms with Gasteiger partial charge in [-0.2, -0.15) is 4.68 Å². The van der Waals surface area contributed by atoms with Crippen molar-refractivity contribution in [1.82, 2.24) is 29.5 Å². The van der Waals surface area contributed by atoms with E-state index < -0.39 is 5.82 Å². The molecule has 0 unspecified atom stereocenters. The lowest BCUT2D eigenvalue weighted by atomic mass is 10.2. The Morgan fingerprint density at radius 2 is 2.16 bits per heavy atom. The van der Waals surface area contributed by atoms with Crippen molar-refractivity contribution in [3.8, 4) is 22.3 Å². The van der Waals surface area contributed by atoms with Gasteiger partial charge in [-0.15, -0.1) is 16.4 Å². The Labute approximate surface area is 189 Å². The molecule has 0 bridgehead atoms. The molecule has 166 valence electrons. The molecule has 3 rings (SSSR count). The standard InChI is InChI=1S/C20H24ClFN6O2S/c1-12(2)10-23-19(29)15-11-31-20(24-15)28-18(25-17(26-28)7-8-27(3)21)14-6-5-13(22)9-16(14)30-4/h5-6,9,11-12H,7-8,10H2,1-4H3,(H,23,29). The van der Waals surface area contributed by atoms with Crippen molar-refractivity contribution in [3.63, 3.8) is 0 Å². The Balaban J connectivity index is 2.00. The summed E-state index contributed by atoms with van der Waals surface area (Å²) in [5, 5.41) is 9.55. The van der Waals surface area contributed by atoms with Crippen molar-refractivity contribution in [2.24, 2.45) is 5.92 Å². The average molecular weight is 467 g/mol. The van der Waals surface area contributed by atoms with Crippen LogP contribution in [0.1, 0.15) is 30.2 Å². The van der Waals surface area contributed by atoms with Crippen LogP contribution in [0.5, 0.6) is 5.75 Å². The number of nitrogens with zero attached hydrogens (tertiary/aromatic N) is 5. The molecule has 31 heavy (non-hydrogen) atoms. The number of nitrogens with one attached hydrogen (secondary N) is 1. The second kappa shape index (κ2) is 10.2. The number of aromatic nitrogens is 4. The van der Waals surface area contributed by atoms with Gasteiger partial charge in [-0.3, -0.25) is 4.79 Å². The Morgan fingerprint density at radius 1 is 1.39 bits per heavy atom. The predicted octanol–water partition coefficient (Wildman–Crippen LogP) is 3.55. The van der Waals surface area contributed by atoms with Crippen LogP contribution in [0, 0.1) is 11.7 Å². The third kappa shape index (κ3) is 5.78. The van der Waals surface area contributed by atoms with E-state index in [0.29, 0.717) is 59.2 Å². The lowest BCUT2D eigenvalue weighted by Gasteiger charge is -2.08. The molecule has 1 N–H and O–H groups in total. The van der Waals surface area contributed by atoms with Crippen molar-refractivity contribution in [3.05, 3.63) is 40.9 Å². The van der Waals surface area contributed by atoms with E-state index in [1.165, 1.54) is 35.0 Å². The zero-order valence-corrected chi connectivity index (χ0v) is 19.3. The molecular weight excluding hydrogens is 443 g/mol. The Bertz CT molecular complexity index is 1050. The molecule has 2 heterocycles. The minimum absolute atomic E-state index is 0.249. The van der Waals surface area contributed by atoms with Gasteiger partial charge in [-0.25, -0.2) is 18.8 Å². The highest BCUT2D eigenvalue weighted by Gasteiger charge is 2.21. The summed E-state index contributed by atoms with van der Waals surface area (Å²) in [6.45, 7) is 5.13. The monoisotopic (exact) mass is 466 g/mol. The van der Waals surface area contributed by atoms with E-state index in [1.54, 1.807) is 23.2 Å². The van der Waals surface area contributed by atoms with Crippen LogP contribution in [-0.4, -0.2) is 57.3 Å². The van der Waals surface area contributed by atoms with Crippen LogP contribution < -0.4 is 10.1 Å². The first-order chi connectivity index (χ1) is 14.8. The van der Waals surface area contributed by atoms with E-state index in [0.717, 1.165) is 0 Å². The van der Waals surface area contributed by atoms with E-state index in [4.69, 9.17) is 16.5 Å². The maximum absolute atomic E-state index is 13.7. The Kier molecular flexibility index (Phi) is 7.58. The lowest BCUT2D eigenvalue weighted by molar-refractivity contribution is 0.0944. The predicted molar refractivity (Wildman–Crippen MR) is 118 cm³/mol. The van der Waals surface area contributed by atoms with Crippen LogP contribution in [0.15, 0.2) is 23.6 Å². The second-order valence-corrected chi connectivity index (χ2v) is 8.72. The molecule has 2 aromatic heterocycles. The van der Waals surface area contributed by atoms with Gasteiger partial charge in [0.1, 0.15) is 17.3 Å². The number of carbonyl (C=O) groups excluding carboxylic acids is 1. The summed E-state index contributed by atoms with van der Waals surface area (Å²) in [6, 6.07) is 4.19. The highest BCUT2D eigenvalue weighted by atomic mass is 35.5. The van der Waals surface area contributed by atoms with Gasteiger partial charge in [0, 0.05) is 38.0 Å². The van der Waals surface area contributed by atoms with Gasteiger partial charge in [0.15, 0.2) is 11.6 Å². The van der Waals surface area contributed by atoms with E-state index >= 15 is 0 Å². The number of amides is 1. The van der Waals surface area contributed by atoms with E-state index in [9.17, 15) is 9.18 Å². The number of methoxy groups -OCH3 is 1. The molecule has 0 fully saturated rings. The maximum Gasteiger partial charge on any atom is 0.270 e. The zero-order valence-electron chi connectivity index (χ0n) is 17.7. The number of hydrogen-bond acceptors (Lipinski definition) is 7. The third-order valence-electron chi connectivity index (χ3n) is 4.28. The Morgan fingerprint density at radius 3 is 2.84 bits per heavy atom. The average Bonchev–Trinajstić information content (AvgIpc) is 3.37. The molecule has 0 atom stereocenters. The van der Waals surface area contributed by atoms with Crippen molar-refractivity contribution in [2.75, 3.05) is 27.2 Å². The smallest absolute Gasteiger partial charge is 0.270 e. The number of thiazole rings is 1. The molecule has 1 amide bonds. The van der Waals surface area contributed by atoms with Crippen molar-refractivity contribution >= 4 is 29.0 Å². The van der Waals surface area contributed by atoms with Gasteiger partial charge in [-0.05, 0) is 29.8 Å². The fourth-order valence-corrected chi connectivity index (χ4v) is 3.56. The normalized spacial score (nSPS) is 11.4. The maximum atomic E-state index is 13.7. The van der Waals surface area contributed by atoms with Crippen LogP contribution in [-0.2, 0) is 6.42 Å². The van der Waals surface area contributed by atoms with Gasteiger partial charge in [0.2, 0.25) is 5.13 Å². The van der Waals surface area contributed by atoms with Crippen LogP contribution >= 0.6 is 23.1 Å². The van der Waals surface area contributed by atoms with Crippen molar-refractivity contribution in [1.29, 1.82) is 0 Å². The first-order valence-corrected chi connectivity index (χ1v) is 10.9. The minimum Gasteiger partial charge on any atom is -0.496 e. The summed E-state index contributed by atoms with van der Waals surface area (Å²) in [7, 11) is 3.20. The van der Waals surface area contributed by atoms with Crippen molar-refractivity contribution in [2.45, 2.75) is 20.3 Å². The molecule has 3 aromatic rings. The summed E-state index contributed by atoms with van der Waals surface area (Å²) in [5.41, 5.74) is 0.859. The number of rotatable bonds is 9. The molecule has 0 radical (unpaired) electrons. The number of hydrogen-bond donors (Lipinski definition) is 1. The Hall–Kier alpha value is -2.56. The van der Waals surface area contributed by atoms with Gasteiger partial charge < -0.3 is 10.1 Å². The van der Waals surface area contributed by atoms with E-state index in [1.807, 2.05) is 13.8 Å². The fraction of sp³-hybridized carbons (Fsp3) is 0.400. The molecule has 0 saturated heterocycles. The fourth-order valence-electron chi connectivity index (χ4n) is 2.73. The summed E-state index contributed by atoms with van der Waals surface area (Å²) in [6.07, 6.45) is 0.497. The largest absolute Gasteiger partial charge is 0.496 e. The summed E-state index contributed by atoms with van der Waals surface area (Å²) in [4.78, 5) is 21.4. The number of carbonyl (C=O) groups is 1. The molecule has 0 spiro atoms. The third-order valence-corrected chi connectivity index (χ3v) is 5.26. The number of likely N-dealkylation sites (N-methyl/N-ethyl adjacent to an activating group) is 1. The molecule has 0 aliphatic heterocycles. The van der Waals surface area contributed by atoms with Gasteiger partial charge in [-0.1, -0.05) is 13.8 Å². The highest BCUT2D eigenvalue weighted by molar-refractivity contribution is 7.12. The van der Waals surface area contributed by atoms with Crippen molar-refractivity contribution < 1.29 is 13.9 Å². The van der Waals surface area contributed by atoms with Crippen LogP contribution in [0.3, 0.4) is 0 Å². The number of ether oxygens (including phenoxy) is 1. The summed E-state index contributed by atoms with van der Waals surface area (Å²) < 4.78 is 22.1. The highest BCUT2D eigenvalue weighted by Crippen LogP contribution is 2.31. The topological polar surface area (TPSA) is 85.2 Å². The van der Waals surface area contributed by atoms with Gasteiger partial charge in [0.25, 0.3) is 5.91 Å². The van der Waals surface area contributed by atoms with Gasteiger partial charge >= 0.3 is 0 Å². The molecule has 0 saturated carbocycles. The first kappa shape index (κ1) is 23.1. The quantitative estimate of drug-likeness (QED) is 0.485. The summed E-state index contributed by atoms with van der Waals surface area (Å²) in [5.74, 6) is 0.955. The van der Waals surface area contributed by atoms with E-state index in [2.05, 4.69) is 20.4 Å². The van der Waals surface area contributed by atoms with Gasteiger partial charge in [0.05, 0.1) is 12.7 Å². The van der Waals surface area contributed by atoms with E-state index in [-0.39, 0.29) is 5.91 Å². The van der Waals surface area contributed by atoms with Crippen LogP contribution in [0.2, 0.25) is 0 Å². The first-order valence-electron chi connectivity index (χ1n) is 9.69. The second-order valence-electron chi connectivity index (χ2n) is 7.31. The summed E-state index contributed by atoms with van der Waals surface area (Å²) >= 11 is 7.18. The molecular formula is C20H24ClFN6O2S. The lowest BCUT2D eigenvalue weighted by Crippen LogP contribution is -2.27. The number of benzene rings is 1. The molecule has 8 nitrogen and oxygen atoms in total.